The zero-order valence-corrected chi connectivity index (χ0v) is 13.6. The van der Waals surface area contributed by atoms with Crippen molar-refractivity contribution in [2.45, 2.75) is 25.8 Å². The summed E-state index contributed by atoms with van der Waals surface area (Å²) in [6, 6.07) is 5.25. The molecule has 23 heavy (non-hydrogen) atoms. The molecule has 6 heteroatoms. The summed E-state index contributed by atoms with van der Waals surface area (Å²) in [5.41, 5.74) is -0.00789. The Labute approximate surface area is 135 Å². The van der Waals surface area contributed by atoms with E-state index in [1.807, 2.05) is 0 Å². The standard InChI is InChI=1S/C17H21FN2O3/c1-11(10-15(21)12-6-4-5-7-13(12)18)16(22)20(3)14-8-9-19(2)17(14)23/h4-7,11,14H,8-10H2,1-3H3/t11-,14+/m1/s1. The lowest BCUT2D eigenvalue weighted by Gasteiger charge is -2.26. The fourth-order valence-corrected chi connectivity index (χ4v) is 2.83. The van der Waals surface area contributed by atoms with E-state index in [1.165, 1.54) is 23.1 Å². The fourth-order valence-electron chi connectivity index (χ4n) is 2.83. The summed E-state index contributed by atoms with van der Waals surface area (Å²) in [7, 11) is 3.28. The molecular formula is C17H21FN2O3. The molecule has 1 aliphatic heterocycles. The third-order valence-electron chi connectivity index (χ3n) is 4.30. The molecule has 2 atom stereocenters. The van der Waals surface area contributed by atoms with Crippen molar-refractivity contribution in [3.05, 3.63) is 35.6 Å². The molecule has 0 aliphatic carbocycles. The normalized spacial score (nSPS) is 18.9. The number of likely N-dealkylation sites (tertiary alicyclic amines) is 1. The molecule has 1 aromatic rings. The highest BCUT2D eigenvalue weighted by Gasteiger charge is 2.36. The van der Waals surface area contributed by atoms with Gasteiger partial charge in [-0.1, -0.05) is 19.1 Å². The highest BCUT2D eigenvalue weighted by molar-refractivity contribution is 5.99. The van der Waals surface area contributed by atoms with Crippen LogP contribution in [-0.4, -0.2) is 54.1 Å². The highest BCUT2D eigenvalue weighted by atomic mass is 19.1. The molecule has 1 fully saturated rings. The van der Waals surface area contributed by atoms with Crippen LogP contribution >= 0.6 is 0 Å². The van der Waals surface area contributed by atoms with E-state index in [-0.39, 0.29) is 23.8 Å². The number of ketones is 1. The maximum absolute atomic E-state index is 13.6. The Hall–Kier alpha value is -2.24. The number of hydrogen-bond donors (Lipinski definition) is 0. The van der Waals surface area contributed by atoms with Gasteiger partial charge in [0.2, 0.25) is 11.8 Å². The van der Waals surface area contributed by atoms with Crippen LogP contribution in [-0.2, 0) is 9.59 Å². The van der Waals surface area contributed by atoms with E-state index in [9.17, 15) is 18.8 Å². The maximum Gasteiger partial charge on any atom is 0.245 e. The minimum atomic E-state index is -0.606. The molecule has 0 saturated carbocycles. The van der Waals surface area contributed by atoms with Gasteiger partial charge in [-0.05, 0) is 18.6 Å². The van der Waals surface area contributed by atoms with Crippen molar-refractivity contribution in [2.75, 3.05) is 20.6 Å². The maximum atomic E-state index is 13.6. The van der Waals surface area contributed by atoms with Crippen molar-refractivity contribution in [2.24, 2.45) is 5.92 Å². The number of likely N-dealkylation sites (N-methyl/N-ethyl adjacent to an activating group) is 2. The smallest absolute Gasteiger partial charge is 0.245 e. The van der Waals surface area contributed by atoms with Crippen molar-refractivity contribution >= 4 is 17.6 Å². The van der Waals surface area contributed by atoms with Gasteiger partial charge in [0, 0.05) is 33.0 Å². The molecule has 0 radical (unpaired) electrons. The monoisotopic (exact) mass is 320 g/mol. The number of Topliss-reactive ketones (excluding diaryl/α,β-unsaturated/α-hetero) is 1. The lowest BCUT2D eigenvalue weighted by molar-refractivity contribution is -0.142. The van der Waals surface area contributed by atoms with Gasteiger partial charge in [0.1, 0.15) is 11.9 Å². The van der Waals surface area contributed by atoms with Crippen LogP contribution in [0.5, 0.6) is 0 Å². The minimum Gasteiger partial charge on any atom is -0.344 e. The van der Waals surface area contributed by atoms with Gasteiger partial charge in [-0.15, -0.1) is 0 Å². The lowest BCUT2D eigenvalue weighted by Crippen LogP contribution is -2.44. The van der Waals surface area contributed by atoms with E-state index < -0.39 is 23.6 Å². The topological polar surface area (TPSA) is 57.7 Å². The summed E-state index contributed by atoms with van der Waals surface area (Å²) in [6.45, 7) is 2.24. The van der Waals surface area contributed by atoms with Gasteiger partial charge in [-0.3, -0.25) is 14.4 Å². The van der Waals surface area contributed by atoms with Crippen LogP contribution < -0.4 is 0 Å². The SMILES string of the molecule is C[C@H](CC(=O)c1ccccc1F)C(=O)N(C)[C@H]1CCN(C)C1=O. The summed E-state index contributed by atoms with van der Waals surface area (Å²) >= 11 is 0. The van der Waals surface area contributed by atoms with Crippen molar-refractivity contribution in [1.82, 2.24) is 9.80 Å². The molecule has 1 aromatic carbocycles. The molecule has 124 valence electrons. The number of rotatable bonds is 5. The van der Waals surface area contributed by atoms with Gasteiger partial charge in [-0.25, -0.2) is 4.39 Å². The number of hydrogen-bond acceptors (Lipinski definition) is 3. The van der Waals surface area contributed by atoms with E-state index in [2.05, 4.69) is 0 Å². The molecule has 1 aliphatic rings. The zero-order chi connectivity index (χ0) is 17.1. The van der Waals surface area contributed by atoms with Crippen LogP contribution in [0.25, 0.3) is 0 Å². The Bertz CT molecular complexity index is 632. The van der Waals surface area contributed by atoms with Crippen LogP contribution in [0.4, 0.5) is 4.39 Å². The van der Waals surface area contributed by atoms with Crippen LogP contribution in [0.3, 0.4) is 0 Å². The Balaban J connectivity index is 2.01. The second-order valence-corrected chi connectivity index (χ2v) is 6.02. The van der Waals surface area contributed by atoms with Crippen molar-refractivity contribution in [1.29, 1.82) is 0 Å². The summed E-state index contributed by atoms with van der Waals surface area (Å²) in [4.78, 5) is 39.6. The number of halogens is 1. The Morgan fingerprint density at radius 3 is 2.61 bits per heavy atom. The van der Waals surface area contributed by atoms with Gasteiger partial charge in [0.25, 0.3) is 0 Å². The number of nitrogens with zero attached hydrogens (tertiary/aromatic N) is 2. The molecule has 0 bridgehead atoms. The van der Waals surface area contributed by atoms with E-state index in [0.717, 1.165) is 0 Å². The predicted octanol–water partition coefficient (Wildman–Crippen LogP) is 1.72. The van der Waals surface area contributed by atoms with Gasteiger partial charge in [0.15, 0.2) is 5.78 Å². The summed E-state index contributed by atoms with van der Waals surface area (Å²) in [6.07, 6.45) is 0.506. The second kappa shape index (κ2) is 6.89. The molecule has 5 nitrogen and oxygen atoms in total. The second-order valence-electron chi connectivity index (χ2n) is 6.02. The highest BCUT2D eigenvalue weighted by Crippen LogP contribution is 2.19. The quantitative estimate of drug-likeness (QED) is 0.776. The third kappa shape index (κ3) is 3.57. The van der Waals surface area contributed by atoms with Gasteiger partial charge in [0.05, 0.1) is 5.56 Å². The predicted molar refractivity (Wildman–Crippen MR) is 83.3 cm³/mol. The largest absolute Gasteiger partial charge is 0.344 e. The first-order valence-corrected chi connectivity index (χ1v) is 7.62. The molecular weight excluding hydrogens is 299 g/mol. The average Bonchev–Trinajstić information content (AvgIpc) is 2.85. The van der Waals surface area contributed by atoms with Gasteiger partial charge in [-0.2, -0.15) is 0 Å². The van der Waals surface area contributed by atoms with E-state index in [1.54, 1.807) is 32.0 Å². The number of amides is 2. The third-order valence-corrected chi connectivity index (χ3v) is 4.30. The first-order chi connectivity index (χ1) is 10.8. The number of carbonyl (C=O) groups excluding carboxylic acids is 3. The summed E-state index contributed by atoms with van der Waals surface area (Å²) in [5.74, 6) is -1.96. The summed E-state index contributed by atoms with van der Waals surface area (Å²) in [5, 5.41) is 0. The van der Waals surface area contributed by atoms with E-state index in [4.69, 9.17) is 0 Å². The van der Waals surface area contributed by atoms with Gasteiger partial charge >= 0.3 is 0 Å². The molecule has 1 saturated heterocycles. The molecule has 0 aromatic heterocycles. The van der Waals surface area contributed by atoms with Crippen LogP contribution in [0, 0.1) is 11.7 Å². The van der Waals surface area contributed by atoms with E-state index in [0.29, 0.717) is 13.0 Å². The molecule has 0 spiro atoms. The Morgan fingerprint density at radius 1 is 1.39 bits per heavy atom. The average molecular weight is 320 g/mol. The molecule has 1 heterocycles. The first-order valence-electron chi connectivity index (χ1n) is 7.62. The number of benzene rings is 1. The first kappa shape index (κ1) is 17.1. The van der Waals surface area contributed by atoms with E-state index >= 15 is 0 Å². The van der Waals surface area contributed by atoms with Crippen molar-refractivity contribution in [3.63, 3.8) is 0 Å². The van der Waals surface area contributed by atoms with Crippen molar-refractivity contribution < 1.29 is 18.8 Å². The van der Waals surface area contributed by atoms with Crippen molar-refractivity contribution in [3.8, 4) is 0 Å². The Morgan fingerprint density at radius 2 is 2.04 bits per heavy atom. The zero-order valence-electron chi connectivity index (χ0n) is 13.6. The van der Waals surface area contributed by atoms with Crippen LogP contribution in [0.2, 0.25) is 0 Å². The van der Waals surface area contributed by atoms with Gasteiger partial charge < -0.3 is 9.80 Å². The fraction of sp³-hybridized carbons (Fsp3) is 0.471. The molecule has 2 rings (SSSR count). The summed E-state index contributed by atoms with van der Waals surface area (Å²) < 4.78 is 13.6. The number of carbonyl (C=O) groups is 3. The molecule has 2 amide bonds. The lowest BCUT2D eigenvalue weighted by atomic mass is 9.97. The molecule has 0 N–H and O–H groups in total. The van der Waals surface area contributed by atoms with Crippen LogP contribution in [0.1, 0.15) is 30.1 Å². The Kier molecular flexibility index (Phi) is 5.13. The molecule has 0 unspecified atom stereocenters. The van der Waals surface area contributed by atoms with Crippen LogP contribution in [0.15, 0.2) is 24.3 Å². The minimum absolute atomic E-state index is 0.00789.